The van der Waals surface area contributed by atoms with Gasteiger partial charge >= 0.3 is 12.2 Å². The molecule has 2 heterocycles. The molecule has 230 valence electrons. The highest BCUT2D eigenvalue weighted by molar-refractivity contribution is 7.80. The molecule has 2 aromatic rings. The molecule has 16 heteroatoms. The topological polar surface area (TPSA) is 175 Å². The normalized spacial score (nSPS) is 18.6. The Balaban J connectivity index is 1.16. The minimum Gasteiger partial charge on any atom is -0.445 e. The van der Waals surface area contributed by atoms with E-state index in [1.807, 2.05) is 4.90 Å². The second kappa shape index (κ2) is 14.6. The Hall–Kier alpha value is -4.44. The lowest BCUT2D eigenvalue weighted by molar-refractivity contribution is -0.385. The van der Waals surface area contributed by atoms with E-state index >= 15 is 0 Å². The summed E-state index contributed by atoms with van der Waals surface area (Å²) in [5.74, 6) is -0.186. The first kappa shape index (κ1) is 31.5. The number of ether oxygens (including phenoxy) is 3. The molecule has 0 spiro atoms. The van der Waals surface area contributed by atoms with Gasteiger partial charge in [-0.1, -0.05) is 0 Å². The molecule has 0 aliphatic carbocycles. The van der Waals surface area contributed by atoms with Gasteiger partial charge in [-0.05, 0) is 48.2 Å². The number of hydrogen-bond donors (Lipinski definition) is 1. The first-order valence-corrected chi connectivity index (χ1v) is 14.0. The Morgan fingerprint density at radius 3 is 1.86 bits per heavy atom. The maximum absolute atomic E-state index is 13.3. The number of hydrogen-bond acceptors (Lipinski definition) is 12. The maximum Gasteiger partial charge on any atom is 0.508 e. The van der Waals surface area contributed by atoms with Crippen LogP contribution in [0.25, 0.3) is 0 Å². The molecule has 2 fully saturated rings. The summed E-state index contributed by atoms with van der Waals surface area (Å²) >= 11 is 4.47. The van der Waals surface area contributed by atoms with Gasteiger partial charge in [0.25, 0.3) is 11.4 Å². The monoisotopic (exact) mass is 617 g/mol. The molecule has 2 amide bonds. The van der Waals surface area contributed by atoms with Crippen molar-refractivity contribution in [1.29, 1.82) is 0 Å². The molecule has 43 heavy (non-hydrogen) atoms. The quantitative estimate of drug-likeness (QED) is 0.179. The predicted octanol–water partition coefficient (Wildman–Crippen LogP) is 3.36. The van der Waals surface area contributed by atoms with Gasteiger partial charge in [0.15, 0.2) is 0 Å². The molecule has 0 N–H and O–H groups in total. The molecule has 15 nitrogen and oxygen atoms in total. The van der Waals surface area contributed by atoms with Gasteiger partial charge in [0.05, 0.1) is 15.2 Å². The highest BCUT2D eigenvalue weighted by Crippen LogP contribution is 2.29. The first-order chi connectivity index (χ1) is 20.6. The number of carbonyl (C=O) groups excluding carboxylic acids is 3. The van der Waals surface area contributed by atoms with Gasteiger partial charge in [-0.2, -0.15) is 12.6 Å². The van der Waals surface area contributed by atoms with Gasteiger partial charge < -0.3 is 19.1 Å². The van der Waals surface area contributed by atoms with Crippen LogP contribution in [-0.2, 0) is 32.2 Å². The molecular formula is C27H31N5O10S. The van der Waals surface area contributed by atoms with Gasteiger partial charge in [-0.25, -0.2) is 9.59 Å². The van der Waals surface area contributed by atoms with Crippen LogP contribution in [0.1, 0.15) is 24.0 Å². The summed E-state index contributed by atoms with van der Waals surface area (Å²) in [6.07, 6.45) is -0.542. The van der Waals surface area contributed by atoms with Gasteiger partial charge in [-0.3, -0.25) is 34.8 Å². The zero-order valence-corrected chi connectivity index (χ0v) is 24.0. The summed E-state index contributed by atoms with van der Waals surface area (Å²) in [6, 6.07) is 10.6. The smallest absolute Gasteiger partial charge is 0.445 e. The third-order valence-electron chi connectivity index (χ3n) is 7.18. The highest BCUT2D eigenvalue weighted by atomic mass is 32.1. The lowest BCUT2D eigenvalue weighted by Crippen LogP contribution is -2.55. The van der Waals surface area contributed by atoms with Gasteiger partial charge in [-0.15, -0.1) is 0 Å². The largest absolute Gasteiger partial charge is 0.508 e. The Morgan fingerprint density at radius 2 is 1.33 bits per heavy atom. The van der Waals surface area contributed by atoms with Crippen molar-refractivity contribution in [2.24, 2.45) is 0 Å². The average Bonchev–Trinajstić information content (AvgIpc) is 3.40. The number of benzene rings is 2. The second-order valence-electron chi connectivity index (χ2n) is 9.94. The average molecular weight is 618 g/mol. The second-order valence-corrected chi connectivity index (χ2v) is 10.5. The van der Waals surface area contributed by atoms with Crippen LogP contribution < -0.4 is 0 Å². The van der Waals surface area contributed by atoms with E-state index in [4.69, 9.17) is 14.2 Å². The number of likely N-dealkylation sites (tertiary alicyclic amines) is 1. The van der Waals surface area contributed by atoms with Crippen molar-refractivity contribution in [3.05, 3.63) is 79.9 Å². The Morgan fingerprint density at radius 1 is 0.791 bits per heavy atom. The van der Waals surface area contributed by atoms with E-state index < -0.39 is 33.5 Å². The molecule has 2 atom stereocenters. The minimum atomic E-state index is -0.852. The summed E-state index contributed by atoms with van der Waals surface area (Å²) < 4.78 is 15.6. The van der Waals surface area contributed by atoms with Crippen molar-refractivity contribution in [3.63, 3.8) is 0 Å². The lowest BCUT2D eigenvalue weighted by atomic mass is 10.1. The van der Waals surface area contributed by atoms with E-state index in [1.165, 1.54) is 53.4 Å². The van der Waals surface area contributed by atoms with E-state index in [0.29, 0.717) is 56.7 Å². The van der Waals surface area contributed by atoms with Crippen LogP contribution in [0.3, 0.4) is 0 Å². The highest BCUT2D eigenvalue weighted by Gasteiger charge is 2.42. The van der Waals surface area contributed by atoms with Crippen LogP contribution in [-0.4, -0.2) is 93.4 Å². The van der Waals surface area contributed by atoms with E-state index in [-0.39, 0.29) is 37.1 Å². The lowest BCUT2D eigenvalue weighted by Gasteiger charge is -2.37. The number of amides is 2. The molecular weight excluding hydrogens is 586 g/mol. The molecule has 2 saturated heterocycles. The van der Waals surface area contributed by atoms with Crippen molar-refractivity contribution in [2.75, 3.05) is 39.3 Å². The number of non-ortho nitro benzene ring substituents is 2. The number of thiol groups is 1. The van der Waals surface area contributed by atoms with Crippen molar-refractivity contribution in [2.45, 2.75) is 37.5 Å². The van der Waals surface area contributed by atoms with Crippen molar-refractivity contribution in [3.8, 4) is 0 Å². The molecule has 2 aliphatic rings. The van der Waals surface area contributed by atoms with E-state index in [1.54, 1.807) is 4.90 Å². The number of carbonyl (C=O) groups is 3. The third-order valence-corrected chi connectivity index (χ3v) is 7.68. The molecule has 0 saturated carbocycles. The molecule has 2 aliphatic heterocycles. The van der Waals surface area contributed by atoms with Gasteiger partial charge in [0, 0.05) is 57.0 Å². The summed E-state index contributed by atoms with van der Waals surface area (Å²) in [6.45, 7) is 2.33. The van der Waals surface area contributed by atoms with Crippen LogP contribution in [0.4, 0.5) is 21.0 Å². The minimum absolute atomic E-state index is 0.0565. The Kier molecular flexibility index (Phi) is 10.7. The molecule has 0 bridgehead atoms. The van der Waals surface area contributed by atoms with E-state index in [2.05, 4.69) is 12.6 Å². The van der Waals surface area contributed by atoms with Crippen LogP contribution >= 0.6 is 12.6 Å². The van der Waals surface area contributed by atoms with Crippen LogP contribution in [0.15, 0.2) is 48.5 Å². The van der Waals surface area contributed by atoms with Crippen LogP contribution in [0.5, 0.6) is 0 Å². The van der Waals surface area contributed by atoms with Gasteiger partial charge in [0.1, 0.15) is 25.9 Å². The zero-order chi connectivity index (χ0) is 30.9. The molecule has 2 aromatic carbocycles. The SMILES string of the molecule is O=C(OCCN1CCN(C(=O)[C@@H]2CC[C@H](S)N2C(=O)OCc2ccc([N+](=O)[O-])cc2)CC1)OCc1ccc([N+](=O)[O-])cc1. The summed E-state index contributed by atoms with van der Waals surface area (Å²) in [5, 5.41) is 21.1. The number of rotatable bonds is 10. The Bertz CT molecular complexity index is 1320. The maximum atomic E-state index is 13.3. The number of nitro benzene ring substituents is 2. The summed E-state index contributed by atoms with van der Waals surface area (Å²) in [5.41, 5.74) is 1.04. The fraction of sp³-hybridized carbons (Fsp3) is 0.444. The summed E-state index contributed by atoms with van der Waals surface area (Å²) in [4.78, 5) is 63.7. The number of piperazine rings is 1. The third kappa shape index (κ3) is 8.54. The van der Waals surface area contributed by atoms with Gasteiger partial charge in [0.2, 0.25) is 5.91 Å². The number of nitrogens with zero attached hydrogens (tertiary/aromatic N) is 5. The first-order valence-electron chi connectivity index (χ1n) is 13.5. The molecule has 0 radical (unpaired) electrons. The van der Waals surface area contributed by atoms with Crippen molar-refractivity contribution in [1.82, 2.24) is 14.7 Å². The Labute approximate surface area is 252 Å². The van der Waals surface area contributed by atoms with E-state index in [0.717, 1.165) is 0 Å². The van der Waals surface area contributed by atoms with Crippen LogP contribution in [0, 0.1) is 20.2 Å². The predicted molar refractivity (Wildman–Crippen MR) is 153 cm³/mol. The van der Waals surface area contributed by atoms with Crippen LogP contribution in [0.2, 0.25) is 0 Å². The summed E-state index contributed by atoms with van der Waals surface area (Å²) in [7, 11) is 0. The standard InChI is InChI=1S/C27H31N5O10S/c33-25(23-9-10-24(43)30(23)26(34)41-17-19-1-5-21(6-2-19)31(36)37)29-13-11-28(12-14-29)15-16-40-27(35)42-18-20-3-7-22(8-4-20)32(38)39/h1-8,23-24,43H,9-18H2/t23-,24-/m0/s1. The fourth-order valence-electron chi connectivity index (χ4n) is 4.78. The zero-order valence-electron chi connectivity index (χ0n) is 23.1. The van der Waals surface area contributed by atoms with E-state index in [9.17, 15) is 34.6 Å². The fourth-order valence-corrected chi connectivity index (χ4v) is 5.18. The molecule has 0 aromatic heterocycles. The van der Waals surface area contributed by atoms with Crippen molar-refractivity contribution >= 4 is 42.2 Å². The molecule has 0 unspecified atom stereocenters. The van der Waals surface area contributed by atoms with Crippen molar-refractivity contribution < 1.29 is 38.4 Å². The number of nitro groups is 2. The molecule has 4 rings (SSSR count).